The number of likely N-dealkylation sites (N-methyl/N-ethyl adjacent to an activating group) is 1. The van der Waals surface area contributed by atoms with E-state index in [1.54, 1.807) is 25.2 Å². The van der Waals surface area contributed by atoms with Crippen molar-refractivity contribution in [1.29, 1.82) is 0 Å². The number of carbonyl (C=O) groups excluding carboxylic acids is 2. The van der Waals surface area contributed by atoms with Gasteiger partial charge in [0.2, 0.25) is 5.91 Å². The molecule has 0 unspecified atom stereocenters. The van der Waals surface area contributed by atoms with E-state index in [4.69, 9.17) is 11.6 Å². The average Bonchev–Trinajstić information content (AvgIpc) is 2.30. The normalized spacial score (nSPS) is 10.4. The number of halogens is 2. The van der Waals surface area contributed by atoms with Crippen LogP contribution >= 0.6 is 27.5 Å². The summed E-state index contributed by atoms with van der Waals surface area (Å²) in [6, 6.07) is 5.00. The van der Waals surface area contributed by atoms with Crippen molar-refractivity contribution < 1.29 is 9.59 Å². The molecule has 4 nitrogen and oxygen atoms in total. The van der Waals surface area contributed by atoms with E-state index in [0.717, 1.165) is 4.47 Å². The molecule has 104 valence electrons. The molecule has 19 heavy (non-hydrogen) atoms. The van der Waals surface area contributed by atoms with Gasteiger partial charge in [0.1, 0.15) is 0 Å². The van der Waals surface area contributed by atoms with Gasteiger partial charge in [0, 0.05) is 23.1 Å². The van der Waals surface area contributed by atoms with Crippen molar-refractivity contribution in [1.82, 2.24) is 10.2 Å². The molecule has 0 bridgehead atoms. The first-order valence-corrected chi connectivity index (χ1v) is 6.98. The third kappa shape index (κ3) is 4.84. The molecule has 0 aromatic heterocycles. The molecule has 0 aliphatic carbocycles. The highest BCUT2D eigenvalue weighted by Gasteiger charge is 2.16. The molecule has 0 fully saturated rings. The standard InChI is InChI=1S/C13H16BrClN2O2/c1-8(2)16-12(18)7-17(3)13(19)9-4-5-10(14)11(15)6-9/h4-6,8H,7H2,1-3H3,(H,16,18). The molecule has 0 atom stereocenters. The van der Waals surface area contributed by atoms with Crippen LogP contribution in [0, 0.1) is 0 Å². The first-order valence-electron chi connectivity index (χ1n) is 5.81. The highest BCUT2D eigenvalue weighted by molar-refractivity contribution is 9.10. The maximum Gasteiger partial charge on any atom is 0.254 e. The van der Waals surface area contributed by atoms with Crippen molar-refractivity contribution in [2.45, 2.75) is 19.9 Å². The molecular weight excluding hydrogens is 332 g/mol. The van der Waals surface area contributed by atoms with Gasteiger partial charge in [-0.25, -0.2) is 0 Å². The van der Waals surface area contributed by atoms with Gasteiger partial charge in [0.15, 0.2) is 0 Å². The highest BCUT2D eigenvalue weighted by Crippen LogP contribution is 2.23. The van der Waals surface area contributed by atoms with Gasteiger partial charge >= 0.3 is 0 Å². The average molecular weight is 348 g/mol. The highest BCUT2D eigenvalue weighted by atomic mass is 79.9. The summed E-state index contributed by atoms with van der Waals surface area (Å²) in [4.78, 5) is 25.0. The molecule has 0 radical (unpaired) electrons. The van der Waals surface area contributed by atoms with Gasteiger partial charge in [0.25, 0.3) is 5.91 Å². The number of rotatable bonds is 4. The Morgan fingerprint density at radius 1 is 1.42 bits per heavy atom. The van der Waals surface area contributed by atoms with E-state index in [2.05, 4.69) is 21.2 Å². The Labute approximate surface area is 126 Å². The number of benzene rings is 1. The minimum atomic E-state index is -0.242. The third-order valence-electron chi connectivity index (χ3n) is 2.34. The summed E-state index contributed by atoms with van der Waals surface area (Å²) in [6.07, 6.45) is 0. The van der Waals surface area contributed by atoms with Crippen molar-refractivity contribution in [3.05, 3.63) is 33.3 Å². The molecule has 1 N–H and O–H groups in total. The molecule has 1 aromatic rings. The number of nitrogens with zero attached hydrogens (tertiary/aromatic N) is 1. The summed E-state index contributed by atoms with van der Waals surface area (Å²) in [5.41, 5.74) is 0.452. The predicted octanol–water partition coefficient (Wildman–Crippen LogP) is 2.70. The fraction of sp³-hybridized carbons (Fsp3) is 0.385. The largest absolute Gasteiger partial charge is 0.352 e. The van der Waals surface area contributed by atoms with Crippen LogP contribution in [0.1, 0.15) is 24.2 Å². The zero-order valence-electron chi connectivity index (χ0n) is 11.0. The second kappa shape index (κ2) is 6.91. The van der Waals surface area contributed by atoms with Crippen molar-refractivity contribution in [3.8, 4) is 0 Å². The van der Waals surface area contributed by atoms with Gasteiger partial charge in [-0.05, 0) is 48.0 Å². The van der Waals surface area contributed by atoms with Crippen LogP contribution in [0.25, 0.3) is 0 Å². The summed E-state index contributed by atoms with van der Waals surface area (Å²) in [5, 5.41) is 3.20. The summed E-state index contributed by atoms with van der Waals surface area (Å²) < 4.78 is 0.728. The van der Waals surface area contributed by atoms with Crippen LogP contribution in [0.5, 0.6) is 0 Å². The predicted molar refractivity (Wildman–Crippen MR) is 79.4 cm³/mol. The number of carbonyl (C=O) groups is 2. The maximum absolute atomic E-state index is 12.1. The Kier molecular flexibility index (Phi) is 5.82. The summed E-state index contributed by atoms with van der Waals surface area (Å²) in [7, 11) is 1.58. The van der Waals surface area contributed by atoms with Gasteiger partial charge in [0.05, 0.1) is 11.6 Å². The van der Waals surface area contributed by atoms with E-state index in [9.17, 15) is 9.59 Å². The van der Waals surface area contributed by atoms with Gasteiger partial charge in [-0.3, -0.25) is 9.59 Å². The van der Waals surface area contributed by atoms with Crippen LogP contribution < -0.4 is 5.32 Å². The van der Waals surface area contributed by atoms with Crippen molar-refractivity contribution in [2.75, 3.05) is 13.6 Å². The lowest BCUT2D eigenvalue weighted by Gasteiger charge is -2.18. The first-order chi connectivity index (χ1) is 8.81. The number of nitrogens with one attached hydrogen (secondary N) is 1. The minimum absolute atomic E-state index is 0.0185. The van der Waals surface area contributed by atoms with E-state index >= 15 is 0 Å². The number of hydrogen-bond donors (Lipinski definition) is 1. The van der Waals surface area contributed by atoms with Crippen LogP contribution in [-0.2, 0) is 4.79 Å². The van der Waals surface area contributed by atoms with Gasteiger partial charge < -0.3 is 10.2 Å². The van der Waals surface area contributed by atoms with Crippen LogP contribution in [0.15, 0.2) is 22.7 Å². The monoisotopic (exact) mass is 346 g/mol. The van der Waals surface area contributed by atoms with Crippen molar-refractivity contribution in [3.63, 3.8) is 0 Å². The van der Waals surface area contributed by atoms with Gasteiger partial charge in [-0.15, -0.1) is 0 Å². The molecule has 0 heterocycles. The Balaban J connectivity index is 2.71. The molecule has 1 aromatic carbocycles. The fourth-order valence-electron chi connectivity index (χ4n) is 1.50. The molecule has 0 spiro atoms. The number of hydrogen-bond acceptors (Lipinski definition) is 2. The molecule has 6 heteroatoms. The molecule has 0 saturated heterocycles. The lowest BCUT2D eigenvalue weighted by atomic mass is 10.2. The Bertz CT molecular complexity index is 492. The minimum Gasteiger partial charge on any atom is -0.352 e. The van der Waals surface area contributed by atoms with Gasteiger partial charge in [-0.2, -0.15) is 0 Å². The van der Waals surface area contributed by atoms with Crippen LogP contribution in [0.3, 0.4) is 0 Å². The van der Waals surface area contributed by atoms with Crippen LogP contribution in [0.2, 0.25) is 5.02 Å². The lowest BCUT2D eigenvalue weighted by Crippen LogP contribution is -2.40. The molecule has 0 aliphatic heterocycles. The quantitative estimate of drug-likeness (QED) is 0.910. The van der Waals surface area contributed by atoms with Crippen molar-refractivity contribution in [2.24, 2.45) is 0 Å². The van der Waals surface area contributed by atoms with Crippen molar-refractivity contribution >= 4 is 39.3 Å². The van der Waals surface area contributed by atoms with Crippen LogP contribution in [0.4, 0.5) is 0 Å². The van der Waals surface area contributed by atoms with E-state index in [1.165, 1.54) is 4.90 Å². The lowest BCUT2D eigenvalue weighted by molar-refractivity contribution is -0.122. The molecule has 1 rings (SSSR count). The molecular formula is C13H16BrClN2O2. The van der Waals surface area contributed by atoms with E-state index in [-0.39, 0.29) is 24.4 Å². The smallest absolute Gasteiger partial charge is 0.254 e. The summed E-state index contributed by atoms with van der Waals surface area (Å²) >= 11 is 9.20. The zero-order chi connectivity index (χ0) is 14.6. The van der Waals surface area contributed by atoms with E-state index < -0.39 is 0 Å². The SMILES string of the molecule is CC(C)NC(=O)CN(C)C(=O)c1ccc(Br)c(Cl)c1. The number of amides is 2. The summed E-state index contributed by atoms with van der Waals surface area (Å²) in [5.74, 6) is -0.428. The first kappa shape index (κ1) is 16.0. The summed E-state index contributed by atoms with van der Waals surface area (Å²) in [6.45, 7) is 3.76. The Morgan fingerprint density at radius 2 is 2.05 bits per heavy atom. The Hall–Kier alpha value is -1.07. The maximum atomic E-state index is 12.1. The fourth-order valence-corrected chi connectivity index (χ4v) is 1.93. The molecule has 0 saturated carbocycles. The molecule has 2 amide bonds. The van der Waals surface area contributed by atoms with E-state index in [1.807, 2.05) is 13.8 Å². The topological polar surface area (TPSA) is 49.4 Å². The second-order valence-corrected chi connectivity index (χ2v) is 5.77. The molecule has 0 aliphatic rings. The van der Waals surface area contributed by atoms with Gasteiger partial charge in [-0.1, -0.05) is 11.6 Å². The van der Waals surface area contributed by atoms with E-state index in [0.29, 0.717) is 10.6 Å². The third-order valence-corrected chi connectivity index (χ3v) is 3.58. The van der Waals surface area contributed by atoms with Crippen LogP contribution in [-0.4, -0.2) is 36.3 Å². The zero-order valence-corrected chi connectivity index (χ0v) is 13.4. The Morgan fingerprint density at radius 3 is 2.58 bits per heavy atom. The second-order valence-electron chi connectivity index (χ2n) is 4.51.